The second kappa shape index (κ2) is 21.4. The Morgan fingerprint density at radius 3 is 1.20 bits per heavy atom. The van der Waals surface area contributed by atoms with Crippen molar-refractivity contribution < 1.29 is 71.3 Å². The van der Waals surface area contributed by atoms with Crippen LogP contribution in [0, 0.1) is 0 Å². The minimum Gasteiger partial charge on any atom is -0.496 e. The third-order valence-corrected chi connectivity index (χ3v) is 9.20. The zero-order chi connectivity index (χ0) is 44.1. The number of esters is 4. The lowest BCUT2D eigenvalue weighted by atomic mass is 9.97. The van der Waals surface area contributed by atoms with E-state index < -0.39 is 42.1 Å². The van der Waals surface area contributed by atoms with Crippen LogP contribution in [0.15, 0.2) is 36.4 Å². The summed E-state index contributed by atoms with van der Waals surface area (Å²) in [4.78, 5) is 62.3. The number of carbonyl (C=O) groups is 5. The third-order valence-electron chi connectivity index (χ3n) is 9.20. The van der Waals surface area contributed by atoms with Gasteiger partial charge in [-0.15, -0.1) is 0 Å². The molecule has 0 bridgehead atoms. The van der Waals surface area contributed by atoms with E-state index in [1.165, 1.54) is 56.5 Å². The molecule has 0 fully saturated rings. The summed E-state index contributed by atoms with van der Waals surface area (Å²) in [5, 5.41) is 7.75. The lowest BCUT2D eigenvalue weighted by Gasteiger charge is -2.22. The van der Waals surface area contributed by atoms with Crippen LogP contribution in [0.4, 0.5) is 16.2 Å². The van der Waals surface area contributed by atoms with Crippen molar-refractivity contribution in [2.45, 2.75) is 65.6 Å². The molecule has 0 radical (unpaired) electrons. The van der Waals surface area contributed by atoms with Crippen LogP contribution in [-0.4, -0.2) is 98.0 Å². The monoisotopic (exact) mass is 836 g/mol. The van der Waals surface area contributed by atoms with Crippen molar-refractivity contribution in [2.24, 2.45) is 0 Å². The molecule has 0 aliphatic heterocycles. The highest BCUT2D eigenvalue weighted by Crippen LogP contribution is 2.47. The number of methoxy groups -OCH3 is 6. The van der Waals surface area contributed by atoms with E-state index in [1.54, 1.807) is 50.2 Å². The summed E-state index contributed by atoms with van der Waals surface area (Å²) in [6, 6.07) is 9.43. The van der Waals surface area contributed by atoms with Crippen molar-refractivity contribution in [1.29, 1.82) is 0 Å². The van der Waals surface area contributed by atoms with Crippen LogP contribution in [0.1, 0.15) is 51.7 Å². The topological polar surface area (TPSA) is 202 Å². The van der Waals surface area contributed by atoms with Crippen LogP contribution in [0.3, 0.4) is 0 Å². The minimum absolute atomic E-state index is 0.106. The Kier molecular flexibility index (Phi) is 16.4. The summed E-state index contributed by atoms with van der Waals surface area (Å²) < 4.78 is 56.0. The van der Waals surface area contributed by atoms with Gasteiger partial charge < -0.3 is 58.0 Å². The Balaban J connectivity index is 1.72. The first-order valence-electron chi connectivity index (χ1n) is 19.0. The summed E-state index contributed by atoms with van der Waals surface area (Å²) in [5.74, 6) is -0.102. The first-order chi connectivity index (χ1) is 28.8. The van der Waals surface area contributed by atoms with Gasteiger partial charge in [-0.1, -0.05) is 0 Å². The Morgan fingerprint density at radius 2 is 0.900 bits per heavy atom. The molecular weight excluding hydrogens is 784 g/mol. The number of urea groups is 1. The van der Waals surface area contributed by atoms with Crippen molar-refractivity contribution in [3.05, 3.63) is 47.5 Å². The van der Waals surface area contributed by atoms with Gasteiger partial charge in [-0.05, 0) is 50.2 Å². The SMILES string of the molecule is CCOC(=O)CC(Cc1cc(OC)c2c(OC)c(NC(=O)Nc3ccc4c(OC)c(CC(CC(=O)OCC)OC(C)=O)cc(OC)c4c3OC)ccc2c1OC)OC(C)=O. The van der Waals surface area contributed by atoms with Gasteiger partial charge in [0, 0.05) is 48.6 Å². The van der Waals surface area contributed by atoms with E-state index in [0.29, 0.717) is 55.7 Å². The summed E-state index contributed by atoms with van der Waals surface area (Å²) in [6.07, 6.45) is -1.82. The number of hydrogen-bond donors (Lipinski definition) is 2. The van der Waals surface area contributed by atoms with E-state index in [9.17, 15) is 24.0 Å². The van der Waals surface area contributed by atoms with Crippen LogP contribution in [-0.2, 0) is 51.0 Å². The maximum Gasteiger partial charge on any atom is 0.323 e. The molecule has 0 heterocycles. The number of nitrogens with one attached hydrogen (secondary N) is 2. The standard InChI is InChI=1S/C43H52N2O15/c1-11-57-35(48)21-27(59-23(3)46)17-25-19-33(51-5)37-29(39(25)53-7)13-15-31(41(37)55-9)44-43(50)45-32-16-14-30-38(42(32)56-10)34(52-6)20-26(40(30)54-8)18-28(60-24(4)47)22-36(49)58-12-2/h13-16,19-20,27-28H,11-12,17-18,21-22H2,1-10H3,(H2,44,45,50). The van der Waals surface area contributed by atoms with Gasteiger partial charge in [0.1, 0.15) is 35.2 Å². The minimum atomic E-state index is -0.846. The molecule has 4 aromatic carbocycles. The lowest BCUT2D eigenvalue weighted by Crippen LogP contribution is -2.24. The predicted octanol–water partition coefficient (Wildman–Crippen LogP) is 6.54. The first kappa shape index (κ1) is 46.0. The van der Waals surface area contributed by atoms with E-state index in [0.717, 1.165) is 0 Å². The zero-order valence-corrected chi connectivity index (χ0v) is 35.5. The number of anilines is 2. The van der Waals surface area contributed by atoms with Crippen LogP contribution >= 0.6 is 0 Å². The molecule has 4 aromatic rings. The van der Waals surface area contributed by atoms with Crippen molar-refractivity contribution in [2.75, 3.05) is 66.5 Å². The molecule has 0 aliphatic carbocycles. The molecular formula is C43H52N2O15. The average Bonchev–Trinajstić information content (AvgIpc) is 3.19. The molecule has 0 saturated carbocycles. The fraction of sp³-hybridized carbons (Fsp3) is 0.419. The fourth-order valence-corrected chi connectivity index (χ4v) is 7.06. The maximum atomic E-state index is 13.7. The highest BCUT2D eigenvalue weighted by atomic mass is 16.6. The third kappa shape index (κ3) is 10.9. The Hall–Kier alpha value is -6.65. The number of benzene rings is 4. The Morgan fingerprint density at radius 1 is 0.533 bits per heavy atom. The largest absolute Gasteiger partial charge is 0.496 e. The summed E-state index contributed by atoms with van der Waals surface area (Å²) >= 11 is 0. The molecule has 2 unspecified atom stereocenters. The van der Waals surface area contributed by atoms with Gasteiger partial charge in [0.05, 0.1) is 90.9 Å². The van der Waals surface area contributed by atoms with Gasteiger partial charge >= 0.3 is 29.9 Å². The van der Waals surface area contributed by atoms with E-state index in [2.05, 4.69) is 10.6 Å². The molecule has 17 nitrogen and oxygen atoms in total. The zero-order valence-electron chi connectivity index (χ0n) is 35.5. The molecule has 0 aliphatic rings. The molecule has 0 spiro atoms. The predicted molar refractivity (Wildman–Crippen MR) is 221 cm³/mol. The van der Waals surface area contributed by atoms with Crippen molar-refractivity contribution in [3.8, 4) is 34.5 Å². The van der Waals surface area contributed by atoms with E-state index >= 15 is 0 Å². The summed E-state index contributed by atoms with van der Waals surface area (Å²) in [5.41, 5.74) is 1.73. The number of rotatable bonds is 20. The second-order valence-electron chi connectivity index (χ2n) is 13.1. The van der Waals surface area contributed by atoms with E-state index in [4.69, 9.17) is 47.4 Å². The lowest BCUT2D eigenvalue weighted by molar-refractivity contribution is -0.155. The summed E-state index contributed by atoms with van der Waals surface area (Å²) in [6.45, 7) is 6.25. The van der Waals surface area contributed by atoms with Crippen LogP contribution in [0.2, 0.25) is 0 Å². The molecule has 17 heteroatoms. The molecule has 324 valence electrons. The normalized spacial score (nSPS) is 11.8. The Bertz CT molecular complexity index is 2070. The van der Waals surface area contributed by atoms with Gasteiger partial charge in [0.15, 0.2) is 11.5 Å². The highest BCUT2D eigenvalue weighted by molar-refractivity contribution is 6.10. The molecule has 4 rings (SSSR count). The van der Waals surface area contributed by atoms with Gasteiger partial charge in [0.25, 0.3) is 0 Å². The number of hydrogen-bond acceptors (Lipinski definition) is 15. The van der Waals surface area contributed by atoms with E-state index in [-0.39, 0.29) is 61.8 Å². The van der Waals surface area contributed by atoms with Crippen LogP contribution in [0.25, 0.3) is 21.5 Å². The number of fused-ring (bicyclic) bond motifs is 2. The molecule has 0 aromatic heterocycles. The van der Waals surface area contributed by atoms with Crippen molar-refractivity contribution in [3.63, 3.8) is 0 Å². The van der Waals surface area contributed by atoms with Gasteiger partial charge in [-0.25, -0.2) is 4.79 Å². The first-order valence-corrected chi connectivity index (χ1v) is 19.0. The molecule has 2 amide bonds. The molecule has 0 saturated heterocycles. The number of carbonyl (C=O) groups excluding carboxylic acids is 5. The van der Waals surface area contributed by atoms with Crippen LogP contribution < -0.4 is 39.1 Å². The quantitative estimate of drug-likeness (QED) is 0.0717. The van der Waals surface area contributed by atoms with Gasteiger partial charge in [-0.2, -0.15) is 0 Å². The molecule has 60 heavy (non-hydrogen) atoms. The van der Waals surface area contributed by atoms with Crippen LogP contribution in [0.5, 0.6) is 34.5 Å². The number of amides is 2. The van der Waals surface area contributed by atoms with Gasteiger partial charge in [-0.3, -0.25) is 19.2 Å². The maximum absolute atomic E-state index is 13.7. The highest BCUT2D eigenvalue weighted by Gasteiger charge is 2.27. The number of ether oxygens (including phenoxy) is 10. The fourth-order valence-electron chi connectivity index (χ4n) is 7.06. The molecule has 2 N–H and O–H groups in total. The molecule has 2 atom stereocenters. The average molecular weight is 837 g/mol. The van der Waals surface area contributed by atoms with Gasteiger partial charge in [0.2, 0.25) is 0 Å². The Labute approximate surface area is 347 Å². The smallest absolute Gasteiger partial charge is 0.323 e. The summed E-state index contributed by atoms with van der Waals surface area (Å²) in [7, 11) is 8.80. The van der Waals surface area contributed by atoms with Crippen molar-refractivity contribution in [1.82, 2.24) is 0 Å². The van der Waals surface area contributed by atoms with Crippen molar-refractivity contribution >= 4 is 62.8 Å². The second-order valence-corrected chi connectivity index (χ2v) is 13.1. The van der Waals surface area contributed by atoms with E-state index in [1.807, 2.05) is 0 Å².